The second-order valence-corrected chi connectivity index (χ2v) is 9.92. The lowest BCUT2D eigenvalue weighted by molar-refractivity contribution is 0.00400. The van der Waals surface area contributed by atoms with Gasteiger partial charge in [0.25, 0.3) is 0 Å². The van der Waals surface area contributed by atoms with E-state index in [1.165, 1.54) is 22.3 Å². The number of aliphatic hydroxyl groups is 1. The van der Waals surface area contributed by atoms with Gasteiger partial charge in [0.1, 0.15) is 12.2 Å². The number of hydrogen-bond donors (Lipinski definition) is 1. The first-order chi connectivity index (χ1) is 16.3. The minimum Gasteiger partial charge on any atom is -0.448 e. The third kappa shape index (κ3) is 5.20. The molecule has 1 aliphatic heterocycles. The summed E-state index contributed by atoms with van der Waals surface area (Å²) in [6.45, 7) is 6.82. The molecule has 4 rings (SSSR count). The van der Waals surface area contributed by atoms with Crippen LogP contribution >= 0.6 is 0 Å². The van der Waals surface area contributed by atoms with Gasteiger partial charge in [0.05, 0.1) is 6.61 Å². The van der Waals surface area contributed by atoms with Crippen molar-refractivity contribution in [1.29, 1.82) is 0 Å². The number of carbonyl (C=O) groups is 2. The van der Waals surface area contributed by atoms with E-state index < -0.39 is 11.7 Å². The fraction of sp³-hybridized carbons (Fsp3) is 0.481. The first kappa shape index (κ1) is 24.1. The molecular weight excluding hydrogens is 432 g/mol. The molecule has 1 fully saturated rings. The van der Waals surface area contributed by atoms with Crippen molar-refractivity contribution >= 4 is 12.2 Å². The number of ether oxygens (including phenoxy) is 2. The Kier molecular flexibility index (Phi) is 7.12. The summed E-state index contributed by atoms with van der Waals surface area (Å²) in [6, 6.07) is 16.5. The molecule has 2 aromatic rings. The zero-order valence-corrected chi connectivity index (χ0v) is 20.2. The number of aliphatic hydroxyl groups excluding tert-OH is 1. The second-order valence-electron chi connectivity index (χ2n) is 9.92. The number of fused-ring (bicyclic) bond motifs is 3. The third-order valence-corrected chi connectivity index (χ3v) is 6.47. The third-order valence-electron chi connectivity index (χ3n) is 6.47. The van der Waals surface area contributed by atoms with Gasteiger partial charge in [-0.2, -0.15) is 0 Å². The van der Waals surface area contributed by atoms with Crippen molar-refractivity contribution in [3.05, 3.63) is 59.7 Å². The first-order valence-corrected chi connectivity index (χ1v) is 12.0. The smallest absolute Gasteiger partial charge is 0.410 e. The van der Waals surface area contributed by atoms with Crippen molar-refractivity contribution in [3.63, 3.8) is 0 Å². The average Bonchev–Trinajstić information content (AvgIpc) is 3.14. The molecular formula is C27H34N2O5. The van der Waals surface area contributed by atoms with E-state index in [-0.39, 0.29) is 31.2 Å². The van der Waals surface area contributed by atoms with Crippen LogP contribution in [0.25, 0.3) is 11.1 Å². The Hall–Kier alpha value is -3.06. The average molecular weight is 467 g/mol. The maximum absolute atomic E-state index is 12.9. The summed E-state index contributed by atoms with van der Waals surface area (Å²) in [4.78, 5) is 28.8. The van der Waals surface area contributed by atoms with E-state index in [0.717, 1.165) is 0 Å². The molecule has 1 N–H and O–H groups in total. The maximum atomic E-state index is 12.9. The Morgan fingerprint density at radius 3 is 2.09 bits per heavy atom. The number of likely N-dealkylation sites (tertiary alicyclic amines) is 1. The van der Waals surface area contributed by atoms with E-state index in [2.05, 4.69) is 24.3 Å². The van der Waals surface area contributed by atoms with E-state index in [0.29, 0.717) is 32.5 Å². The number of piperidine rings is 1. The molecule has 0 radical (unpaired) electrons. The second kappa shape index (κ2) is 10.1. The van der Waals surface area contributed by atoms with Gasteiger partial charge < -0.3 is 24.4 Å². The molecule has 1 aliphatic carbocycles. The van der Waals surface area contributed by atoms with E-state index in [1.54, 1.807) is 9.80 Å². The highest BCUT2D eigenvalue weighted by Crippen LogP contribution is 2.44. The Bertz CT molecular complexity index is 978. The van der Waals surface area contributed by atoms with Gasteiger partial charge in [-0.05, 0) is 55.9 Å². The molecule has 2 aromatic carbocycles. The van der Waals surface area contributed by atoms with Crippen LogP contribution in [-0.2, 0) is 9.47 Å². The Morgan fingerprint density at radius 1 is 1.00 bits per heavy atom. The summed E-state index contributed by atoms with van der Waals surface area (Å²) in [5, 5.41) is 9.43. The van der Waals surface area contributed by atoms with Gasteiger partial charge in [-0.15, -0.1) is 0 Å². The van der Waals surface area contributed by atoms with Crippen LogP contribution in [0.5, 0.6) is 0 Å². The minimum absolute atomic E-state index is 0.0288. The van der Waals surface area contributed by atoms with E-state index in [1.807, 2.05) is 45.0 Å². The lowest BCUT2D eigenvalue weighted by Gasteiger charge is -2.38. The molecule has 0 saturated carbocycles. The standard InChI is InChI=1S/C27H34N2O5/c1-27(2,3)34-26(32)29(16-17-30)19-12-14-28(15-13-19)25(31)33-18-24-22-10-6-4-8-20(22)21-9-5-7-11-23(21)24/h4-11,19,24,30H,12-18H2,1-3H3. The van der Waals surface area contributed by atoms with E-state index >= 15 is 0 Å². The van der Waals surface area contributed by atoms with Crippen LogP contribution in [0.3, 0.4) is 0 Å². The number of benzene rings is 2. The monoisotopic (exact) mass is 466 g/mol. The molecule has 0 spiro atoms. The number of carbonyl (C=O) groups excluding carboxylic acids is 2. The first-order valence-electron chi connectivity index (χ1n) is 12.0. The minimum atomic E-state index is -0.604. The van der Waals surface area contributed by atoms with Crippen LogP contribution in [-0.4, -0.2) is 71.6 Å². The predicted molar refractivity (Wildman–Crippen MR) is 130 cm³/mol. The quantitative estimate of drug-likeness (QED) is 0.695. The van der Waals surface area contributed by atoms with Crippen molar-refractivity contribution in [2.75, 3.05) is 32.8 Å². The van der Waals surface area contributed by atoms with Crippen LogP contribution in [0.4, 0.5) is 9.59 Å². The molecule has 0 bridgehead atoms. The summed E-state index contributed by atoms with van der Waals surface area (Å²) in [5.41, 5.74) is 4.17. The van der Waals surface area contributed by atoms with Gasteiger partial charge in [0.15, 0.2) is 0 Å². The van der Waals surface area contributed by atoms with Gasteiger partial charge in [-0.25, -0.2) is 9.59 Å². The number of amides is 2. The van der Waals surface area contributed by atoms with E-state index in [4.69, 9.17) is 9.47 Å². The number of rotatable bonds is 5. The molecule has 0 atom stereocenters. The molecule has 1 saturated heterocycles. The van der Waals surface area contributed by atoms with Crippen LogP contribution in [0.15, 0.2) is 48.5 Å². The van der Waals surface area contributed by atoms with Crippen molar-refractivity contribution in [3.8, 4) is 11.1 Å². The normalized spacial score (nSPS) is 16.1. The fourth-order valence-electron chi connectivity index (χ4n) is 4.90. The largest absolute Gasteiger partial charge is 0.448 e. The molecule has 1 heterocycles. The summed E-state index contributed by atoms with van der Waals surface area (Å²) in [5.74, 6) is 0.0288. The molecule has 182 valence electrons. The van der Waals surface area contributed by atoms with Crippen LogP contribution in [0, 0.1) is 0 Å². The van der Waals surface area contributed by atoms with Crippen LogP contribution in [0.1, 0.15) is 50.7 Å². The molecule has 7 nitrogen and oxygen atoms in total. The fourth-order valence-corrected chi connectivity index (χ4v) is 4.90. The van der Waals surface area contributed by atoms with Gasteiger partial charge in [-0.1, -0.05) is 48.5 Å². The highest BCUT2D eigenvalue weighted by Gasteiger charge is 2.34. The Balaban J connectivity index is 1.34. The summed E-state index contributed by atoms with van der Waals surface area (Å²) in [6.07, 6.45) is 0.472. The van der Waals surface area contributed by atoms with Gasteiger partial charge in [0.2, 0.25) is 0 Å². The Labute approximate surface area is 201 Å². The molecule has 7 heteroatoms. The molecule has 0 aromatic heterocycles. The zero-order valence-electron chi connectivity index (χ0n) is 20.2. The maximum Gasteiger partial charge on any atom is 0.410 e. The summed E-state index contributed by atoms with van der Waals surface area (Å²) < 4.78 is 11.3. The van der Waals surface area contributed by atoms with Crippen molar-refractivity contribution < 1.29 is 24.2 Å². The van der Waals surface area contributed by atoms with Gasteiger partial charge >= 0.3 is 12.2 Å². The topological polar surface area (TPSA) is 79.3 Å². The van der Waals surface area contributed by atoms with Crippen LogP contribution in [0.2, 0.25) is 0 Å². The molecule has 2 amide bonds. The van der Waals surface area contributed by atoms with Crippen molar-refractivity contribution in [2.45, 2.75) is 51.2 Å². The van der Waals surface area contributed by atoms with Gasteiger partial charge in [-0.3, -0.25) is 0 Å². The zero-order chi connectivity index (χ0) is 24.3. The summed E-state index contributed by atoms with van der Waals surface area (Å²) >= 11 is 0. The number of hydrogen-bond acceptors (Lipinski definition) is 5. The predicted octanol–water partition coefficient (Wildman–Crippen LogP) is 4.63. The lowest BCUT2D eigenvalue weighted by atomic mass is 9.98. The van der Waals surface area contributed by atoms with Gasteiger partial charge in [0, 0.05) is 31.6 Å². The Morgan fingerprint density at radius 2 is 1.56 bits per heavy atom. The molecule has 2 aliphatic rings. The van der Waals surface area contributed by atoms with Crippen molar-refractivity contribution in [2.24, 2.45) is 0 Å². The highest BCUT2D eigenvalue weighted by atomic mass is 16.6. The summed E-state index contributed by atoms with van der Waals surface area (Å²) in [7, 11) is 0. The molecule has 0 unspecified atom stereocenters. The lowest BCUT2D eigenvalue weighted by Crippen LogP contribution is -2.50. The SMILES string of the molecule is CC(C)(C)OC(=O)N(CCO)C1CCN(C(=O)OCC2c3ccccc3-c3ccccc32)CC1. The highest BCUT2D eigenvalue weighted by molar-refractivity contribution is 5.79. The molecule has 34 heavy (non-hydrogen) atoms. The van der Waals surface area contributed by atoms with E-state index in [9.17, 15) is 14.7 Å². The van der Waals surface area contributed by atoms with Crippen LogP contribution < -0.4 is 0 Å². The van der Waals surface area contributed by atoms with Crippen molar-refractivity contribution in [1.82, 2.24) is 9.80 Å². The number of nitrogens with zero attached hydrogens (tertiary/aromatic N) is 2.